The molecular weight excluding hydrogens is 474 g/mol. The Hall–Kier alpha value is -3.31. The molecular formula is C33H35NO4. The Bertz CT molecular complexity index is 1310. The van der Waals surface area contributed by atoms with Crippen LogP contribution in [0.5, 0.6) is 5.75 Å². The van der Waals surface area contributed by atoms with Crippen LogP contribution in [0.4, 0.5) is 4.79 Å². The Morgan fingerprint density at radius 2 is 1.66 bits per heavy atom. The van der Waals surface area contributed by atoms with Crippen molar-refractivity contribution in [3.63, 3.8) is 0 Å². The summed E-state index contributed by atoms with van der Waals surface area (Å²) in [7, 11) is 0. The van der Waals surface area contributed by atoms with Crippen molar-refractivity contribution in [2.75, 3.05) is 13.2 Å². The number of nitrogens with zero attached hydrogens (tertiary/aromatic N) is 1. The fraction of sp³-hybridized carbons (Fsp3) is 0.424. The maximum atomic E-state index is 13.5. The van der Waals surface area contributed by atoms with Gasteiger partial charge in [0.15, 0.2) is 0 Å². The largest absolute Gasteiger partial charge is 0.493 e. The van der Waals surface area contributed by atoms with Gasteiger partial charge in [-0.05, 0) is 84.4 Å². The topological polar surface area (TPSA) is 59.0 Å². The SMILES string of the molecule is O=C(OCC1c2ccccc2-c2ccccc21)N1C2CCCC1CC(O)(CCc1ccc3c(c1)CCO3)C2. The van der Waals surface area contributed by atoms with Crippen LogP contribution in [0.2, 0.25) is 0 Å². The van der Waals surface area contributed by atoms with Crippen molar-refractivity contribution < 1.29 is 19.4 Å². The number of carbonyl (C=O) groups excluding carboxylic acids is 1. The van der Waals surface area contributed by atoms with Gasteiger partial charge in [0.1, 0.15) is 12.4 Å². The van der Waals surface area contributed by atoms with Crippen molar-refractivity contribution in [2.45, 2.75) is 75.0 Å². The first kappa shape index (κ1) is 23.8. The number of hydrogen-bond donors (Lipinski definition) is 1. The van der Waals surface area contributed by atoms with Gasteiger partial charge in [0, 0.05) is 24.4 Å². The Kier molecular flexibility index (Phi) is 5.92. The molecule has 4 aliphatic rings. The monoisotopic (exact) mass is 509 g/mol. The molecule has 2 unspecified atom stereocenters. The Morgan fingerprint density at radius 3 is 2.37 bits per heavy atom. The molecule has 5 nitrogen and oxygen atoms in total. The number of piperidine rings is 2. The molecule has 1 aliphatic carbocycles. The van der Waals surface area contributed by atoms with Crippen LogP contribution in [0.25, 0.3) is 11.1 Å². The summed E-state index contributed by atoms with van der Waals surface area (Å²) in [5, 5.41) is 11.6. The molecule has 38 heavy (non-hydrogen) atoms. The number of aryl methyl sites for hydroxylation is 1. The van der Waals surface area contributed by atoms with Gasteiger partial charge in [-0.25, -0.2) is 4.79 Å². The number of aliphatic hydroxyl groups is 1. The molecule has 1 N–H and O–H groups in total. The average molecular weight is 510 g/mol. The van der Waals surface area contributed by atoms with E-state index in [1.54, 1.807) is 0 Å². The lowest BCUT2D eigenvalue weighted by Crippen LogP contribution is -2.60. The Balaban J connectivity index is 1.02. The molecule has 2 bridgehead atoms. The van der Waals surface area contributed by atoms with Gasteiger partial charge < -0.3 is 19.5 Å². The third kappa shape index (κ3) is 4.17. The zero-order chi connectivity index (χ0) is 25.7. The van der Waals surface area contributed by atoms with Crippen LogP contribution < -0.4 is 4.74 Å². The molecule has 2 atom stereocenters. The zero-order valence-electron chi connectivity index (χ0n) is 21.8. The van der Waals surface area contributed by atoms with Crippen molar-refractivity contribution in [3.8, 4) is 16.9 Å². The highest BCUT2D eigenvalue weighted by atomic mass is 16.6. The summed E-state index contributed by atoms with van der Waals surface area (Å²) >= 11 is 0. The summed E-state index contributed by atoms with van der Waals surface area (Å²) in [5.74, 6) is 1.06. The van der Waals surface area contributed by atoms with E-state index in [9.17, 15) is 9.90 Å². The van der Waals surface area contributed by atoms with E-state index in [1.807, 2.05) is 4.90 Å². The summed E-state index contributed by atoms with van der Waals surface area (Å²) in [4.78, 5) is 15.5. The third-order valence-corrected chi connectivity index (χ3v) is 9.27. The van der Waals surface area contributed by atoms with Crippen LogP contribution >= 0.6 is 0 Å². The lowest BCUT2D eigenvalue weighted by molar-refractivity contribution is -0.0882. The van der Waals surface area contributed by atoms with E-state index in [4.69, 9.17) is 9.47 Å². The number of hydrogen-bond acceptors (Lipinski definition) is 4. The van der Waals surface area contributed by atoms with Crippen LogP contribution in [0, 0.1) is 0 Å². The van der Waals surface area contributed by atoms with Gasteiger partial charge in [-0.1, -0.05) is 60.7 Å². The average Bonchev–Trinajstić information content (AvgIpc) is 3.52. The first-order valence-corrected chi connectivity index (χ1v) is 14.2. The van der Waals surface area contributed by atoms with Crippen LogP contribution in [-0.4, -0.2) is 47.0 Å². The van der Waals surface area contributed by atoms with Gasteiger partial charge in [-0.3, -0.25) is 0 Å². The van der Waals surface area contributed by atoms with Crippen molar-refractivity contribution in [1.29, 1.82) is 0 Å². The second-order valence-corrected chi connectivity index (χ2v) is 11.6. The first-order chi connectivity index (χ1) is 18.6. The van der Waals surface area contributed by atoms with Crippen molar-refractivity contribution in [2.24, 2.45) is 0 Å². The zero-order valence-corrected chi connectivity index (χ0v) is 21.8. The predicted octanol–water partition coefficient (Wildman–Crippen LogP) is 6.25. The number of carbonyl (C=O) groups is 1. The number of amides is 1. The fourth-order valence-corrected chi connectivity index (χ4v) is 7.47. The summed E-state index contributed by atoms with van der Waals surface area (Å²) in [6.07, 6.45) is 6.52. The molecule has 3 heterocycles. The van der Waals surface area contributed by atoms with Crippen LogP contribution in [0.1, 0.15) is 66.7 Å². The Morgan fingerprint density at radius 1 is 0.974 bits per heavy atom. The van der Waals surface area contributed by atoms with E-state index in [1.165, 1.54) is 33.4 Å². The molecule has 0 spiro atoms. The van der Waals surface area contributed by atoms with Crippen molar-refractivity contribution >= 4 is 6.09 Å². The number of rotatable bonds is 5. The van der Waals surface area contributed by atoms with E-state index in [-0.39, 0.29) is 24.1 Å². The molecule has 2 fully saturated rings. The van der Waals surface area contributed by atoms with Gasteiger partial charge in [0.05, 0.1) is 12.2 Å². The summed E-state index contributed by atoms with van der Waals surface area (Å²) in [5.41, 5.74) is 6.72. The second-order valence-electron chi connectivity index (χ2n) is 11.6. The molecule has 7 rings (SSSR count). The molecule has 3 aliphatic heterocycles. The second kappa shape index (κ2) is 9.46. The van der Waals surface area contributed by atoms with Gasteiger partial charge in [0.2, 0.25) is 0 Å². The highest BCUT2D eigenvalue weighted by Crippen LogP contribution is 2.45. The maximum Gasteiger partial charge on any atom is 0.410 e. The van der Waals surface area contributed by atoms with E-state index in [0.29, 0.717) is 19.4 Å². The number of benzene rings is 3. The van der Waals surface area contributed by atoms with Crippen molar-refractivity contribution in [1.82, 2.24) is 4.90 Å². The minimum absolute atomic E-state index is 0.0385. The van der Waals surface area contributed by atoms with Crippen LogP contribution in [0.15, 0.2) is 66.7 Å². The fourth-order valence-electron chi connectivity index (χ4n) is 7.47. The lowest BCUT2D eigenvalue weighted by Gasteiger charge is -2.51. The molecule has 0 radical (unpaired) electrons. The van der Waals surface area contributed by atoms with E-state index in [2.05, 4.69) is 66.7 Å². The van der Waals surface area contributed by atoms with Gasteiger partial charge >= 0.3 is 6.09 Å². The highest BCUT2D eigenvalue weighted by molar-refractivity contribution is 5.79. The highest BCUT2D eigenvalue weighted by Gasteiger charge is 2.47. The van der Waals surface area contributed by atoms with Crippen molar-refractivity contribution in [3.05, 3.63) is 89.0 Å². The summed E-state index contributed by atoms with van der Waals surface area (Å²) < 4.78 is 11.7. The number of fused-ring (bicyclic) bond motifs is 6. The third-order valence-electron chi connectivity index (χ3n) is 9.27. The standard InChI is InChI=1S/C33H35NO4/c35-32(38-21-30-28-10-3-1-8-26(28)27-9-2-4-11-29(27)30)34-24-6-5-7-25(34)20-33(36,19-24)16-14-22-12-13-31-23(18-22)15-17-37-31/h1-4,8-13,18,24-25,30,36H,5-7,14-17,19-21H2. The smallest absolute Gasteiger partial charge is 0.410 e. The first-order valence-electron chi connectivity index (χ1n) is 14.2. The van der Waals surface area contributed by atoms with Gasteiger partial charge in [-0.2, -0.15) is 0 Å². The molecule has 3 aromatic rings. The quantitative estimate of drug-likeness (QED) is 0.442. The van der Waals surface area contributed by atoms with Gasteiger partial charge in [-0.15, -0.1) is 0 Å². The maximum absolute atomic E-state index is 13.5. The normalized spacial score (nSPS) is 25.3. The summed E-state index contributed by atoms with van der Waals surface area (Å²) in [6.45, 7) is 1.10. The molecule has 3 aromatic carbocycles. The Labute approximate surface area is 224 Å². The van der Waals surface area contributed by atoms with Crippen LogP contribution in [0.3, 0.4) is 0 Å². The lowest BCUT2D eigenvalue weighted by atomic mass is 9.73. The van der Waals surface area contributed by atoms with E-state index in [0.717, 1.165) is 50.9 Å². The molecule has 2 saturated heterocycles. The molecule has 0 aromatic heterocycles. The van der Waals surface area contributed by atoms with E-state index >= 15 is 0 Å². The molecule has 0 saturated carbocycles. The van der Waals surface area contributed by atoms with Crippen LogP contribution in [-0.2, 0) is 17.6 Å². The summed E-state index contributed by atoms with van der Waals surface area (Å²) in [6, 6.07) is 23.4. The molecule has 196 valence electrons. The minimum atomic E-state index is -0.745. The minimum Gasteiger partial charge on any atom is -0.493 e. The molecule has 1 amide bonds. The van der Waals surface area contributed by atoms with Gasteiger partial charge in [0.25, 0.3) is 0 Å². The predicted molar refractivity (Wildman–Crippen MR) is 146 cm³/mol. The number of ether oxygens (including phenoxy) is 2. The molecule has 5 heteroatoms. The van der Waals surface area contributed by atoms with E-state index < -0.39 is 5.60 Å².